The zero-order chi connectivity index (χ0) is 30.2. The summed E-state index contributed by atoms with van der Waals surface area (Å²) in [6.07, 6.45) is -5.30. The Morgan fingerprint density at radius 3 is 2.58 bits per heavy atom. The molecule has 1 saturated carbocycles. The molecule has 6 heterocycles. The van der Waals surface area contributed by atoms with Crippen molar-refractivity contribution in [3.63, 3.8) is 0 Å². The molecule has 0 amide bonds. The number of nitrogens with two attached hydrogens (primary N) is 1. The molecule has 2 unspecified atom stereocenters. The predicted molar refractivity (Wildman–Crippen MR) is 144 cm³/mol. The molecule has 3 aliphatic rings. The molecule has 230 valence electrons. The van der Waals surface area contributed by atoms with Gasteiger partial charge in [-0.15, -0.1) is 12.6 Å². The van der Waals surface area contributed by atoms with Crippen LogP contribution < -0.4 is 11.3 Å². The van der Waals surface area contributed by atoms with Gasteiger partial charge in [0, 0.05) is 13.5 Å². The van der Waals surface area contributed by atoms with Crippen LogP contribution in [0.25, 0.3) is 22.3 Å². The molecular formula is C22H25FN9O9PS. The minimum absolute atomic E-state index is 0.0698. The van der Waals surface area contributed by atoms with E-state index < -0.39 is 74.6 Å². The largest absolute Gasteiger partial charge is 0.473 e. The van der Waals surface area contributed by atoms with E-state index in [-0.39, 0.29) is 34.6 Å². The number of rotatable bonds is 2. The van der Waals surface area contributed by atoms with Gasteiger partial charge in [-0.1, -0.05) is 0 Å². The summed E-state index contributed by atoms with van der Waals surface area (Å²) in [5.74, 6) is 0.0698. The summed E-state index contributed by atoms with van der Waals surface area (Å²) in [6, 6.07) is -0.790. The fraction of sp³-hybridized carbons (Fsp3) is 0.545. The van der Waals surface area contributed by atoms with Crippen molar-refractivity contribution in [1.29, 1.82) is 0 Å². The summed E-state index contributed by atoms with van der Waals surface area (Å²) in [5.41, 5.74) is 4.82. The fourth-order valence-corrected chi connectivity index (χ4v) is 7.06. The van der Waals surface area contributed by atoms with Gasteiger partial charge in [-0.25, -0.2) is 33.9 Å². The Hall–Kier alpha value is -3.07. The molecule has 1 aliphatic carbocycles. The molecule has 10 atom stereocenters. The Kier molecular flexibility index (Phi) is 7.02. The lowest BCUT2D eigenvalue weighted by molar-refractivity contribution is -0.173. The molecule has 43 heavy (non-hydrogen) atoms. The average Bonchev–Trinajstić information content (AvgIpc) is 3.72. The number of hydrogen-bond acceptors (Lipinski definition) is 15. The highest BCUT2D eigenvalue weighted by atomic mass is 32.1. The van der Waals surface area contributed by atoms with Gasteiger partial charge in [0.1, 0.15) is 42.4 Å². The maximum atomic E-state index is 15.9. The van der Waals surface area contributed by atoms with E-state index in [1.54, 1.807) is 0 Å². The lowest BCUT2D eigenvalue weighted by Gasteiger charge is -2.29. The van der Waals surface area contributed by atoms with Crippen molar-refractivity contribution in [3.05, 3.63) is 35.7 Å². The fourth-order valence-electron chi connectivity index (χ4n) is 5.67. The van der Waals surface area contributed by atoms with Crippen molar-refractivity contribution in [2.75, 3.05) is 12.3 Å². The number of thiol groups is 1. The zero-order valence-electron chi connectivity index (χ0n) is 22.1. The number of aliphatic hydroxyl groups is 1. The van der Waals surface area contributed by atoms with Gasteiger partial charge < -0.3 is 39.1 Å². The summed E-state index contributed by atoms with van der Waals surface area (Å²) in [4.78, 5) is 43.8. The number of nitrogen functional groups attached to an aromatic ring is 1. The number of ether oxygens (including phenoxy) is 3. The minimum atomic E-state index is -5.04. The van der Waals surface area contributed by atoms with Crippen LogP contribution in [-0.2, 0) is 34.9 Å². The van der Waals surface area contributed by atoms with Crippen molar-refractivity contribution in [1.82, 2.24) is 38.6 Å². The van der Waals surface area contributed by atoms with Crippen molar-refractivity contribution < 1.29 is 42.2 Å². The van der Waals surface area contributed by atoms with E-state index in [9.17, 15) is 19.4 Å². The number of imidazole rings is 2. The number of phosphoric acid groups is 1. The number of nitrogens with zero attached hydrogens (tertiary/aromatic N) is 8. The van der Waals surface area contributed by atoms with Crippen LogP contribution in [0.15, 0.2) is 30.1 Å². The first-order valence-corrected chi connectivity index (χ1v) is 15.0. The molecule has 0 aromatic carbocycles. The van der Waals surface area contributed by atoms with E-state index in [0.29, 0.717) is 0 Å². The lowest BCUT2D eigenvalue weighted by atomic mass is 10.1. The third-order valence-corrected chi connectivity index (χ3v) is 9.02. The number of phosphoric ester groups is 1. The molecule has 3 fully saturated rings. The maximum absolute atomic E-state index is 15.9. The van der Waals surface area contributed by atoms with Gasteiger partial charge in [-0.2, -0.15) is 0 Å². The van der Waals surface area contributed by atoms with Crippen molar-refractivity contribution in [3.8, 4) is 0 Å². The number of fused-ring (bicyclic) bond motifs is 5. The average molecular weight is 642 g/mol. The molecule has 0 radical (unpaired) electrons. The van der Waals surface area contributed by atoms with Gasteiger partial charge in [0.15, 0.2) is 35.0 Å². The summed E-state index contributed by atoms with van der Waals surface area (Å²) in [7, 11) is -3.52. The topological polar surface area (TPSA) is 226 Å². The van der Waals surface area contributed by atoms with E-state index >= 15 is 4.39 Å². The van der Waals surface area contributed by atoms with Crippen LogP contribution in [0.3, 0.4) is 0 Å². The standard InChI is InChI=1S/C22H25FN9O9PS/c1-30-5-29-19-13(20(30)34)28-6-31(19)8-2-9-14(33)15(8)39-22(43)37-3-10-16(41-42(35,36)40-9)11(23)21(38-10)32-7-27-12-17(24)25-4-26-18(12)32/h4-11,14-16,21-22,33,43H,2-3H2,1H3,(H,35,36)(H2,24,25,26)/t8-,9+,10-,11-,14-,15+,16-,21-,22?/m1/s1. The molecule has 4 aromatic heterocycles. The number of aliphatic hydroxyl groups excluding tert-OH is 1. The molecular weight excluding hydrogens is 616 g/mol. The highest BCUT2D eigenvalue weighted by Crippen LogP contribution is 2.53. The van der Waals surface area contributed by atoms with E-state index in [0.717, 1.165) is 0 Å². The van der Waals surface area contributed by atoms with Crippen LogP contribution in [-0.4, -0.2) is 97.5 Å². The van der Waals surface area contributed by atoms with Crippen LogP contribution in [0, 0.1) is 0 Å². The number of hydrogen-bond donors (Lipinski definition) is 4. The summed E-state index contributed by atoms with van der Waals surface area (Å²) >= 11 is 4.33. The summed E-state index contributed by atoms with van der Waals surface area (Å²) in [5, 5.41) is 11.1. The molecule has 4 aromatic rings. The summed E-state index contributed by atoms with van der Waals surface area (Å²) < 4.78 is 61.4. The molecule has 4 N–H and O–H groups in total. The highest BCUT2D eigenvalue weighted by Gasteiger charge is 2.54. The second kappa shape index (κ2) is 10.5. The Morgan fingerprint density at radius 1 is 1.02 bits per heavy atom. The number of aromatic nitrogens is 8. The van der Waals surface area contributed by atoms with Crippen molar-refractivity contribution >= 4 is 48.6 Å². The highest BCUT2D eigenvalue weighted by molar-refractivity contribution is 7.80. The molecule has 2 saturated heterocycles. The Morgan fingerprint density at radius 2 is 1.77 bits per heavy atom. The second-order valence-electron chi connectivity index (χ2n) is 10.3. The number of aryl methyl sites for hydroxylation is 1. The van der Waals surface area contributed by atoms with Crippen LogP contribution in [0.4, 0.5) is 10.2 Å². The van der Waals surface area contributed by atoms with Crippen LogP contribution in [0.2, 0.25) is 0 Å². The van der Waals surface area contributed by atoms with Gasteiger partial charge >= 0.3 is 7.82 Å². The second-order valence-corrected chi connectivity index (χ2v) is 12.1. The van der Waals surface area contributed by atoms with Gasteiger partial charge in [0.25, 0.3) is 5.56 Å². The van der Waals surface area contributed by atoms with Gasteiger partial charge in [0.2, 0.25) is 5.62 Å². The van der Waals surface area contributed by atoms with Crippen LogP contribution in [0.5, 0.6) is 0 Å². The van der Waals surface area contributed by atoms with Gasteiger partial charge in [0.05, 0.1) is 31.6 Å². The molecule has 18 nitrogen and oxygen atoms in total. The van der Waals surface area contributed by atoms with Crippen LogP contribution >= 0.6 is 20.5 Å². The van der Waals surface area contributed by atoms with Gasteiger partial charge in [-0.05, 0) is 0 Å². The normalized spacial score (nSPS) is 36.9. The number of anilines is 1. The third-order valence-electron chi connectivity index (χ3n) is 7.70. The molecule has 0 spiro atoms. The monoisotopic (exact) mass is 641 g/mol. The first kappa shape index (κ1) is 28.7. The van der Waals surface area contributed by atoms with E-state index in [1.165, 1.54) is 46.1 Å². The first-order valence-electron chi connectivity index (χ1n) is 13.0. The number of alkyl halides is 1. The van der Waals surface area contributed by atoms with Crippen LogP contribution in [0.1, 0.15) is 18.7 Å². The van der Waals surface area contributed by atoms with E-state index in [2.05, 4.69) is 37.5 Å². The quantitative estimate of drug-likeness (QED) is 0.161. The van der Waals surface area contributed by atoms with Gasteiger partial charge in [-0.3, -0.25) is 18.4 Å². The molecule has 2 bridgehead atoms. The molecule has 21 heteroatoms. The molecule has 2 aliphatic heterocycles. The molecule has 7 rings (SSSR count). The smallest absolute Gasteiger partial charge is 0.388 e. The Bertz CT molecular complexity index is 1810. The third kappa shape index (κ3) is 4.82. The van der Waals surface area contributed by atoms with E-state index in [4.69, 9.17) is 29.0 Å². The Balaban J connectivity index is 1.19. The zero-order valence-corrected chi connectivity index (χ0v) is 23.9. The lowest BCUT2D eigenvalue weighted by Crippen LogP contribution is -2.40. The number of halogens is 1. The maximum Gasteiger partial charge on any atom is 0.473 e. The predicted octanol–water partition coefficient (Wildman–Crippen LogP) is -0.407. The van der Waals surface area contributed by atoms with E-state index in [1.807, 2.05) is 0 Å². The summed E-state index contributed by atoms with van der Waals surface area (Å²) in [6.45, 7) is -0.401. The first-order chi connectivity index (χ1) is 20.5. The van der Waals surface area contributed by atoms with Crippen molar-refractivity contribution in [2.24, 2.45) is 7.05 Å². The minimum Gasteiger partial charge on any atom is -0.388 e. The SMILES string of the molecule is Cn1cnc2c(ncn2[C@@H]2C[C@@H]3OP(=O)(O)O[C@H]4[C@@H](F)[C@H](n5cnc6c(N)ncnc65)O[C@@H]4COC(S)O[C@@H]2[C@@H]3O)c1=O. The Labute approximate surface area is 245 Å². The van der Waals surface area contributed by atoms with Crippen molar-refractivity contribution in [2.45, 2.75) is 61.0 Å².